The molecule has 1 unspecified atom stereocenters. The number of pyridine rings is 1. The number of rotatable bonds is 3. The van der Waals surface area contributed by atoms with Crippen LogP contribution in [0, 0.1) is 11.5 Å². The van der Waals surface area contributed by atoms with E-state index in [4.69, 9.17) is 16.3 Å². The van der Waals surface area contributed by atoms with E-state index in [1.54, 1.807) is 46.0 Å². The molecule has 0 spiro atoms. The quantitative estimate of drug-likeness (QED) is 0.378. The van der Waals surface area contributed by atoms with Gasteiger partial charge in [-0.3, -0.25) is 4.79 Å². The molecule has 1 heterocycles. The highest BCUT2D eigenvalue weighted by Crippen LogP contribution is 2.26. The van der Waals surface area contributed by atoms with Crippen LogP contribution < -0.4 is 5.56 Å². The highest BCUT2D eigenvalue weighted by atomic mass is 35.5. The van der Waals surface area contributed by atoms with Crippen molar-refractivity contribution in [1.82, 2.24) is 4.57 Å². The second-order valence-corrected chi connectivity index (χ2v) is 14.2. The largest absolute Gasteiger partial charge is 0.458 e. The fourth-order valence-electron chi connectivity index (χ4n) is 2.60. The van der Waals surface area contributed by atoms with E-state index >= 15 is 0 Å². The fraction of sp³-hybridized carbons (Fsp3) is 0.391. The van der Waals surface area contributed by atoms with Crippen LogP contribution >= 0.6 is 11.6 Å². The summed E-state index contributed by atoms with van der Waals surface area (Å²) in [6, 6.07) is 8.07. The number of hydrogen-bond acceptors (Lipinski definition) is 3. The van der Waals surface area contributed by atoms with Crippen molar-refractivity contribution in [2.75, 3.05) is 0 Å². The Morgan fingerprint density at radius 1 is 1.17 bits per heavy atom. The summed E-state index contributed by atoms with van der Waals surface area (Å²) in [6.45, 7) is 13.6. The SMILES string of the molecule is CC(C(=O)OC(C)(C)C)n1ccc(-c2cc(Cl)ccc2C#C[Si](C)(C)C)cc1=O. The molecule has 0 radical (unpaired) electrons. The van der Waals surface area contributed by atoms with Crippen LogP contribution in [0.25, 0.3) is 11.1 Å². The van der Waals surface area contributed by atoms with E-state index in [1.165, 1.54) is 10.6 Å². The fourth-order valence-corrected chi connectivity index (χ4v) is 3.28. The molecule has 4 nitrogen and oxygen atoms in total. The predicted molar refractivity (Wildman–Crippen MR) is 122 cm³/mol. The molecule has 2 rings (SSSR count). The number of hydrogen-bond donors (Lipinski definition) is 0. The molecule has 154 valence electrons. The molecular formula is C23H28ClNO3Si. The maximum Gasteiger partial charge on any atom is 0.329 e. The Kier molecular flexibility index (Phi) is 6.82. The third kappa shape index (κ3) is 6.62. The third-order valence-electron chi connectivity index (χ3n) is 3.98. The van der Waals surface area contributed by atoms with Gasteiger partial charge in [-0.15, -0.1) is 5.54 Å². The smallest absolute Gasteiger partial charge is 0.329 e. The molecule has 0 aliphatic rings. The molecule has 0 fully saturated rings. The lowest BCUT2D eigenvalue weighted by molar-refractivity contribution is -0.158. The van der Waals surface area contributed by atoms with Crippen LogP contribution in [0.5, 0.6) is 0 Å². The lowest BCUT2D eigenvalue weighted by atomic mass is 10.0. The Bertz CT molecular complexity index is 1030. The van der Waals surface area contributed by atoms with Crippen LogP contribution in [0.2, 0.25) is 24.7 Å². The number of ether oxygens (including phenoxy) is 1. The van der Waals surface area contributed by atoms with Crippen molar-refractivity contribution in [2.24, 2.45) is 0 Å². The number of esters is 1. The summed E-state index contributed by atoms with van der Waals surface area (Å²) < 4.78 is 6.76. The van der Waals surface area contributed by atoms with E-state index in [9.17, 15) is 9.59 Å². The van der Waals surface area contributed by atoms with E-state index in [1.807, 2.05) is 12.1 Å². The van der Waals surface area contributed by atoms with Crippen molar-refractivity contribution in [2.45, 2.75) is 59.0 Å². The minimum Gasteiger partial charge on any atom is -0.458 e. The zero-order valence-corrected chi connectivity index (χ0v) is 19.8. The van der Waals surface area contributed by atoms with E-state index in [0.717, 1.165) is 11.1 Å². The van der Waals surface area contributed by atoms with E-state index < -0.39 is 25.7 Å². The number of carbonyl (C=O) groups is 1. The molecule has 2 aromatic rings. The number of carbonyl (C=O) groups excluding carboxylic acids is 1. The van der Waals surface area contributed by atoms with Gasteiger partial charge in [0.2, 0.25) is 0 Å². The normalized spacial score (nSPS) is 12.7. The summed E-state index contributed by atoms with van der Waals surface area (Å²) in [4.78, 5) is 25.1. The van der Waals surface area contributed by atoms with Crippen LogP contribution in [-0.4, -0.2) is 24.2 Å². The summed E-state index contributed by atoms with van der Waals surface area (Å²) in [5, 5.41) is 0.574. The maximum atomic E-state index is 12.7. The number of halogens is 1. The average Bonchev–Trinajstić information content (AvgIpc) is 2.57. The van der Waals surface area contributed by atoms with Crippen molar-refractivity contribution in [3.63, 3.8) is 0 Å². The molecule has 1 aromatic heterocycles. The standard InChI is InChI=1S/C23H28ClNO3Si/c1-16(22(27)28-23(2,3)4)25-12-10-18(14-21(25)26)20-15-19(24)9-8-17(20)11-13-29(5,6)7/h8-10,12,14-16H,1-7H3. The van der Waals surface area contributed by atoms with Crippen LogP contribution in [0.1, 0.15) is 39.3 Å². The van der Waals surface area contributed by atoms with Gasteiger partial charge in [0.15, 0.2) is 0 Å². The highest BCUT2D eigenvalue weighted by molar-refractivity contribution is 6.83. The van der Waals surface area contributed by atoms with Gasteiger partial charge in [-0.05, 0) is 63.1 Å². The Morgan fingerprint density at radius 2 is 1.83 bits per heavy atom. The van der Waals surface area contributed by atoms with Gasteiger partial charge in [0.05, 0.1) is 0 Å². The Labute approximate surface area is 178 Å². The zero-order chi connectivity index (χ0) is 22.0. The molecule has 1 aromatic carbocycles. The lowest BCUT2D eigenvalue weighted by Crippen LogP contribution is -2.33. The van der Waals surface area contributed by atoms with Gasteiger partial charge >= 0.3 is 5.97 Å². The minimum atomic E-state index is -1.56. The first-order valence-electron chi connectivity index (χ1n) is 9.55. The van der Waals surface area contributed by atoms with Crippen molar-refractivity contribution < 1.29 is 9.53 Å². The van der Waals surface area contributed by atoms with Crippen molar-refractivity contribution in [3.05, 3.63) is 57.5 Å². The number of nitrogens with zero attached hydrogens (tertiary/aromatic N) is 1. The predicted octanol–water partition coefficient (Wildman–Crippen LogP) is 5.30. The number of aromatic nitrogens is 1. The molecule has 0 aliphatic carbocycles. The summed E-state index contributed by atoms with van der Waals surface area (Å²) in [5.74, 6) is 2.80. The van der Waals surface area contributed by atoms with Gasteiger partial charge in [0.25, 0.3) is 5.56 Å². The molecule has 29 heavy (non-hydrogen) atoms. The first kappa shape index (κ1) is 23.0. The van der Waals surface area contributed by atoms with Gasteiger partial charge in [-0.1, -0.05) is 37.2 Å². The molecule has 1 atom stereocenters. The second kappa shape index (κ2) is 8.60. The first-order valence-corrected chi connectivity index (χ1v) is 13.4. The van der Waals surface area contributed by atoms with E-state index in [-0.39, 0.29) is 5.56 Å². The molecule has 0 N–H and O–H groups in total. The topological polar surface area (TPSA) is 48.3 Å². The highest BCUT2D eigenvalue weighted by Gasteiger charge is 2.23. The minimum absolute atomic E-state index is 0.287. The average molecular weight is 430 g/mol. The summed E-state index contributed by atoms with van der Waals surface area (Å²) in [6.07, 6.45) is 1.61. The van der Waals surface area contributed by atoms with Gasteiger partial charge in [-0.25, -0.2) is 4.79 Å². The molecule has 0 amide bonds. The van der Waals surface area contributed by atoms with Gasteiger partial charge < -0.3 is 9.30 Å². The second-order valence-electron chi connectivity index (χ2n) is 9.06. The van der Waals surface area contributed by atoms with Gasteiger partial charge in [0.1, 0.15) is 19.7 Å². The Morgan fingerprint density at radius 3 is 2.38 bits per heavy atom. The van der Waals surface area contributed by atoms with Crippen LogP contribution in [-0.2, 0) is 9.53 Å². The summed E-state index contributed by atoms with van der Waals surface area (Å²) in [5.41, 5.74) is 4.80. The molecule has 0 bridgehead atoms. The molecule has 6 heteroatoms. The molecule has 0 saturated heterocycles. The molecular weight excluding hydrogens is 402 g/mol. The molecule has 0 saturated carbocycles. The van der Waals surface area contributed by atoms with Gasteiger partial charge in [0, 0.05) is 22.8 Å². The Hall–Kier alpha value is -2.29. The summed E-state index contributed by atoms with van der Waals surface area (Å²) >= 11 is 6.20. The zero-order valence-electron chi connectivity index (χ0n) is 18.1. The van der Waals surface area contributed by atoms with Gasteiger partial charge in [-0.2, -0.15) is 0 Å². The monoisotopic (exact) mass is 429 g/mol. The van der Waals surface area contributed by atoms with Crippen LogP contribution in [0.15, 0.2) is 41.3 Å². The van der Waals surface area contributed by atoms with Crippen molar-refractivity contribution in [1.29, 1.82) is 0 Å². The van der Waals surface area contributed by atoms with Crippen molar-refractivity contribution >= 4 is 25.6 Å². The van der Waals surface area contributed by atoms with Crippen LogP contribution in [0.3, 0.4) is 0 Å². The van der Waals surface area contributed by atoms with Crippen molar-refractivity contribution in [3.8, 4) is 22.6 Å². The Balaban J connectivity index is 2.45. The lowest BCUT2D eigenvalue weighted by Gasteiger charge is -2.23. The maximum absolute atomic E-state index is 12.7. The van der Waals surface area contributed by atoms with E-state index in [2.05, 4.69) is 31.1 Å². The summed E-state index contributed by atoms with van der Waals surface area (Å²) in [7, 11) is -1.56. The molecule has 0 aliphatic heterocycles. The van der Waals surface area contributed by atoms with Crippen LogP contribution in [0.4, 0.5) is 0 Å². The van der Waals surface area contributed by atoms with E-state index in [0.29, 0.717) is 10.6 Å². The third-order valence-corrected chi connectivity index (χ3v) is 5.09. The first-order chi connectivity index (χ1) is 13.3. The number of benzene rings is 1.